The summed E-state index contributed by atoms with van der Waals surface area (Å²) in [5.41, 5.74) is 4.28. The predicted octanol–water partition coefficient (Wildman–Crippen LogP) is 3.83. The third-order valence-electron chi connectivity index (χ3n) is 5.62. The topological polar surface area (TPSA) is 41.1 Å². The zero-order valence-electron chi connectivity index (χ0n) is 13.5. The molecule has 4 aliphatic rings. The molecule has 4 nitrogen and oxygen atoms in total. The first-order valence-corrected chi connectivity index (χ1v) is 8.75. The van der Waals surface area contributed by atoms with Gasteiger partial charge in [0.2, 0.25) is 5.95 Å². The highest BCUT2D eigenvalue weighted by molar-refractivity contribution is 5.53. The summed E-state index contributed by atoms with van der Waals surface area (Å²) in [4.78, 5) is 12.0. The molecule has 2 aliphatic heterocycles. The van der Waals surface area contributed by atoms with Crippen molar-refractivity contribution in [3.8, 4) is 0 Å². The molecule has 1 saturated heterocycles. The van der Waals surface area contributed by atoms with Gasteiger partial charge in [-0.1, -0.05) is 24.3 Å². The van der Waals surface area contributed by atoms with E-state index in [2.05, 4.69) is 45.5 Å². The molecule has 2 atom stereocenters. The molecule has 0 radical (unpaired) electrons. The Morgan fingerprint density at radius 1 is 1.00 bits per heavy atom. The monoisotopic (exact) mass is 306 g/mol. The van der Waals surface area contributed by atoms with E-state index in [-0.39, 0.29) is 0 Å². The van der Waals surface area contributed by atoms with Crippen LogP contribution in [0.2, 0.25) is 0 Å². The second kappa shape index (κ2) is 4.95. The molecule has 23 heavy (non-hydrogen) atoms. The SMILES string of the molecule is CNc1nc(C2CC2)cc(N2C[C@H]3CC[C@H]2c2ccccc23)n1. The van der Waals surface area contributed by atoms with Crippen LogP contribution < -0.4 is 10.2 Å². The lowest BCUT2D eigenvalue weighted by Crippen LogP contribution is -2.43. The third kappa shape index (κ3) is 2.12. The minimum Gasteiger partial charge on any atom is -0.357 e. The summed E-state index contributed by atoms with van der Waals surface area (Å²) in [7, 11) is 1.91. The number of aromatic nitrogens is 2. The van der Waals surface area contributed by atoms with E-state index in [9.17, 15) is 0 Å². The first-order chi connectivity index (χ1) is 11.3. The Balaban J connectivity index is 1.57. The van der Waals surface area contributed by atoms with E-state index in [1.807, 2.05) is 7.05 Å². The van der Waals surface area contributed by atoms with Gasteiger partial charge in [0, 0.05) is 31.5 Å². The van der Waals surface area contributed by atoms with Crippen LogP contribution in [0.5, 0.6) is 0 Å². The van der Waals surface area contributed by atoms with E-state index in [1.165, 1.54) is 36.9 Å². The lowest BCUT2D eigenvalue weighted by atomic mass is 9.75. The number of fused-ring (bicyclic) bond motifs is 2. The lowest BCUT2D eigenvalue weighted by molar-refractivity contribution is 0.387. The first kappa shape index (κ1) is 13.3. The average molecular weight is 306 g/mol. The highest BCUT2D eigenvalue weighted by Gasteiger charge is 2.39. The molecule has 0 amide bonds. The van der Waals surface area contributed by atoms with Gasteiger partial charge in [0.1, 0.15) is 5.82 Å². The molecule has 3 heterocycles. The van der Waals surface area contributed by atoms with E-state index in [4.69, 9.17) is 4.98 Å². The molecule has 2 fully saturated rings. The molecular formula is C19H22N4. The van der Waals surface area contributed by atoms with Crippen molar-refractivity contribution in [2.75, 3.05) is 23.8 Å². The second-order valence-corrected chi connectivity index (χ2v) is 7.07. The summed E-state index contributed by atoms with van der Waals surface area (Å²) in [6, 6.07) is 11.7. The van der Waals surface area contributed by atoms with Crippen LogP contribution in [0.1, 0.15) is 60.4 Å². The maximum Gasteiger partial charge on any atom is 0.224 e. The van der Waals surface area contributed by atoms with Gasteiger partial charge in [-0.15, -0.1) is 0 Å². The van der Waals surface area contributed by atoms with E-state index >= 15 is 0 Å². The summed E-state index contributed by atoms with van der Waals surface area (Å²) in [5.74, 6) is 3.17. The fourth-order valence-corrected chi connectivity index (χ4v) is 4.29. The molecule has 2 aromatic rings. The molecule has 1 aromatic heterocycles. The van der Waals surface area contributed by atoms with Crippen LogP contribution in [-0.2, 0) is 0 Å². The van der Waals surface area contributed by atoms with Gasteiger partial charge in [-0.25, -0.2) is 4.98 Å². The third-order valence-corrected chi connectivity index (χ3v) is 5.62. The summed E-state index contributed by atoms with van der Waals surface area (Å²) < 4.78 is 0. The maximum atomic E-state index is 4.78. The number of piperidine rings is 1. The molecule has 0 unspecified atom stereocenters. The zero-order valence-corrected chi connectivity index (χ0v) is 13.5. The Bertz CT molecular complexity index is 753. The Morgan fingerprint density at radius 2 is 1.78 bits per heavy atom. The summed E-state index contributed by atoms with van der Waals surface area (Å²) >= 11 is 0. The number of hydrogen-bond acceptors (Lipinski definition) is 4. The van der Waals surface area contributed by atoms with Crippen LogP contribution in [-0.4, -0.2) is 23.6 Å². The van der Waals surface area contributed by atoms with Gasteiger partial charge in [-0.05, 0) is 36.8 Å². The number of nitrogens with one attached hydrogen (secondary N) is 1. The van der Waals surface area contributed by atoms with Crippen LogP contribution in [0.4, 0.5) is 11.8 Å². The van der Waals surface area contributed by atoms with Crippen molar-refractivity contribution in [1.82, 2.24) is 9.97 Å². The van der Waals surface area contributed by atoms with Crippen molar-refractivity contribution < 1.29 is 0 Å². The number of rotatable bonds is 3. The Kier molecular flexibility index (Phi) is 2.87. The van der Waals surface area contributed by atoms with Gasteiger partial charge in [-0.3, -0.25) is 0 Å². The van der Waals surface area contributed by atoms with Crippen LogP contribution >= 0.6 is 0 Å². The maximum absolute atomic E-state index is 4.78. The van der Waals surface area contributed by atoms with Gasteiger partial charge >= 0.3 is 0 Å². The van der Waals surface area contributed by atoms with Gasteiger partial charge < -0.3 is 10.2 Å². The smallest absolute Gasteiger partial charge is 0.224 e. The van der Waals surface area contributed by atoms with Crippen LogP contribution in [0.25, 0.3) is 0 Å². The largest absolute Gasteiger partial charge is 0.357 e. The van der Waals surface area contributed by atoms with Crippen molar-refractivity contribution >= 4 is 11.8 Å². The lowest BCUT2D eigenvalue weighted by Gasteiger charge is -2.47. The van der Waals surface area contributed by atoms with Gasteiger partial charge in [-0.2, -0.15) is 4.98 Å². The van der Waals surface area contributed by atoms with E-state index in [0.29, 0.717) is 17.9 Å². The Morgan fingerprint density at radius 3 is 2.57 bits per heavy atom. The number of nitrogens with zero attached hydrogens (tertiary/aromatic N) is 3. The first-order valence-electron chi connectivity index (χ1n) is 8.75. The van der Waals surface area contributed by atoms with Crippen molar-refractivity contribution in [3.05, 3.63) is 47.2 Å². The van der Waals surface area contributed by atoms with E-state index in [1.54, 1.807) is 5.56 Å². The minimum atomic E-state index is 0.475. The molecule has 0 spiro atoms. The normalized spacial score (nSPS) is 25.3. The Hall–Kier alpha value is -2.10. The second-order valence-electron chi connectivity index (χ2n) is 7.07. The van der Waals surface area contributed by atoms with E-state index < -0.39 is 0 Å². The van der Waals surface area contributed by atoms with Crippen molar-refractivity contribution in [2.24, 2.45) is 0 Å². The molecular weight excluding hydrogens is 284 g/mol. The minimum absolute atomic E-state index is 0.475. The average Bonchev–Trinajstić information content (AvgIpc) is 3.47. The van der Waals surface area contributed by atoms with Gasteiger partial charge in [0.05, 0.1) is 11.7 Å². The van der Waals surface area contributed by atoms with Crippen LogP contribution in [0.3, 0.4) is 0 Å². The molecule has 2 bridgehead atoms. The fraction of sp³-hybridized carbons (Fsp3) is 0.474. The summed E-state index contributed by atoms with van der Waals surface area (Å²) in [5, 5.41) is 3.14. The molecule has 118 valence electrons. The van der Waals surface area contributed by atoms with Crippen LogP contribution in [0, 0.1) is 0 Å². The molecule has 1 N–H and O–H groups in total. The van der Waals surface area contributed by atoms with Gasteiger partial charge in [0.15, 0.2) is 0 Å². The molecule has 6 rings (SSSR count). The zero-order chi connectivity index (χ0) is 15.4. The fourth-order valence-electron chi connectivity index (χ4n) is 4.29. The van der Waals surface area contributed by atoms with Gasteiger partial charge in [0.25, 0.3) is 0 Å². The Labute approximate surface area is 137 Å². The molecule has 1 saturated carbocycles. The highest BCUT2D eigenvalue weighted by atomic mass is 15.3. The van der Waals surface area contributed by atoms with E-state index in [0.717, 1.165) is 18.3 Å². The number of anilines is 2. The van der Waals surface area contributed by atoms with Crippen molar-refractivity contribution in [1.29, 1.82) is 0 Å². The number of hydrogen-bond donors (Lipinski definition) is 1. The standard InChI is InChI=1S/C19H22N4/c1-20-19-21-16(12-6-7-12)10-18(22-19)23-11-13-8-9-17(23)15-5-3-2-4-14(13)15/h2-5,10,12-13,17H,6-9,11H2,1H3,(H,20,21,22)/t13-,17+/m1/s1. The summed E-state index contributed by atoms with van der Waals surface area (Å²) in [6.45, 7) is 1.09. The summed E-state index contributed by atoms with van der Waals surface area (Å²) in [6.07, 6.45) is 5.08. The molecule has 1 aromatic carbocycles. The van der Waals surface area contributed by atoms with Crippen molar-refractivity contribution in [3.63, 3.8) is 0 Å². The number of benzene rings is 1. The van der Waals surface area contributed by atoms with Crippen molar-refractivity contribution in [2.45, 2.75) is 43.6 Å². The molecule has 4 heteroatoms. The quantitative estimate of drug-likeness (QED) is 0.935. The highest BCUT2D eigenvalue weighted by Crippen LogP contribution is 2.48. The van der Waals surface area contributed by atoms with Crippen LogP contribution in [0.15, 0.2) is 30.3 Å². The predicted molar refractivity (Wildman–Crippen MR) is 92.1 cm³/mol. The molecule has 2 aliphatic carbocycles.